The lowest BCUT2D eigenvalue weighted by Crippen LogP contribution is -2.31. The van der Waals surface area contributed by atoms with Gasteiger partial charge in [0.25, 0.3) is 0 Å². The van der Waals surface area contributed by atoms with Crippen LogP contribution in [0.1, 0.15) is 5.56 Å². The molecule has 0 bridgehead atoms. The molecule has 0 atom stereocenters. The van der Waals surface area contributed by atoms with Crippen molar-refractivity contribution in [3.63, 3.8) is 0 Å². The van der Waals surface area contributed by atoms with Crippen LogP contribution in [0, 0.1) is 0 Å². The summed E-state index contributed by atoms with van der Waals surface area (Å²) >= 11 is 5.69. The quantitative estimate of drug-likeness (QED) is 0.809. The third-order valence-corrected chi connectivity index (χ3v) is 3.59. The molecule has 1 aromatic carbocycles. The molecule has 17 heavy (non-hydrogen) atoms. The van der Waals surface area contributed by atoms with Crippen LogP contribution < -0.4 is 4.72 Å². The molecule has 0 spiro atoms. The Labute approximate surface area is 104 Å². The lowest BCUT2D eigenvalue weighted by Gasteiger charge is -2.04. The van der Waals surface area contributed by atoms with Gasteiger partial charge in [-0.15, -0.1) is 0 Å². The number of hydrogen-bond acceptors (Lipinski definition) is 3. The monoisotopic (exact) mass is 277 g/mol. The fourth-order valence-corrected chi connectivity index (χ4v) is 2.27. The van der Waals surface area contributed by atoms with Crippen molar-refractivity contribution < 1.29 is 18.3 Å². The Morgan fingerprint density at radius 2 is 1.88 bits per heavy atom. The highest BCUT2D eigenvalue weighted by Gasteiger charge is 2.11. The molecular weight excluding hydrogens is 266 g/mol. The van der Waals surface area contributed by atoms with E-state index < -0.39 is 22.5 Å². The van der Waals surface area contributed by atoms with Gasteiger partial charge < -0.3 is 5.11 Å². The van der Waals surface area contributed by atoms with Gasteiger partial charge in [-0.2, -0.15) is 0 Å². The maximum Gasteiger partial charge on any atom is 0.318 e. The van der Waals surface area contributed by atoms with Gasteiger partial charge in [0.05, 0.1) is 5.75 Å². The Kier molecular flexibility index (Phi) is 4.92. The Morgan fingerprint density at radius 1 is 1.29 bits per heavy atom. The summed E-state index contributed by atoms with van der Waals surface area (Å²) in [7, 11) is -3.55. The van der Waals surface area contributed by atoms with Crippen LogP contribution in [0.5, 0.6) is 0 Å². The number of sulfonamides is 1. The number of aryl methyl sites for hydroxylation is 1. The number of halogens is 1. The standard InChI is InChI=1S/C10H12ClNO4S/c11-9-3-1-8(2-4-9)5-6-17(15,16)12-7-10(13)14/h1-4,12H,5-7H2,(H,13,14). The second kappa shape index (κ2) is 6.00. The van der Waals surface area contributed by atoms with Gasteiger partial charge in [0, 0.05) is 5.02 Å². The molecule has 0 aliphatic rings. The highest BCUT2D eigenvalue weighted by atomic mass is 35.5. The van der Waals surface area contributed by atoms with E-state index in [4.69, 9.17) is 16.7 Å². The van der Waals surface area contributed by atoms with Crippen LogP contribution in [0.2, 0.25) is 5.02 Å². The predicted octanol–water partition coefficient (Wildman–Crippen LogP) is 0.887. The first-order chi connectivity index (χ1) is 7.89. The van der Waals surface area contributed by atoms with Gasteiger partial charge in [-0.3, -0.25) is 4.79 Å². The third kappa shape index (κ3) is 5.67. The molecule has 0 radical (unpaired) electrons. The maximum atomic E-state index is 11.4. The normalized spacial score (nSPS) is 11.4. The summed E-state index contributed by atoms with van der Waals surface area (Å²) in [5.41, 5.74) is 0.829. The van der Waals surface area contributed by atoms with Gasteiger partial charge >= 0.3 is 5.97 Å². The number of nitrogens with one attached hydrogen (secondary N) is 1. The van der Waals surface area contributed by atoms with Crippen molar-refractivity contribution in [2.75, 3.05) is 12.3 Å². The van der Waals surface area contributed by atoms with Gasteiger partial charge in [-0.1, -0.05) is 23.7 Å². The predicted molar refractivity (Wildman–Crippen MR) is 64.6 cm³/mol. The third-order valence-electron chi connectivity index (χ3n) is 2.02. The maximum absolute atomic E-state index is 11.4. The average Bonchev–Trinajstić information content (AvgIpc) is 2.26. The summed E-state index contributed by atoms with van der Waals surface area (Å²) in [6.45, 7) is -0.594. The van der Waals surface area contributed by atoms with Crippen molar-refractivity contribution in [1.29, 1.82) is 0 Å². The van der Waals surface area contributed by atoms with Crippen molar-refractivity contribution in [1.82, 2.24) is 4.72 Å². The van der Waals surface area contributed by atoms with Gasteiger partial charge in [-0.25, -0.2) is 13.1 Å². The van der Waals surface area contributed by atoms with E-state index in [2.05, 4.69) is 0 Å². The number of hydrogen-bond donors (Lipinski definition) is 2. The Balaban J connectivity index is 2.49. The summed E-state index contributed by atoms with van der Waals surface area (Å²) in [5, 5.41) is 8.93. The van der Waals surface area contributed by atoms with Crippen LogP contribution in [0.3, 0.4) is 0 Å². The zero-order chi connectivity index (χ0) is 12.9. The van der Waals surface area contributed by atoms with Gasteiger partial charge in [0.2, 0.25) is 10.0 Å². The zero-order valence-corrected chi connectivity index (χ0v) is 10.5. The highest BCUT2D eigenvalue weighted by Crippen LogP contribution is 2.10. The lowest BCUT2D eigenvalue weighted by molar-refractivity contribution is -0.135. The van der Waals surface area contributed by atoms with Crippen LogP contribution in [0.4, 0.5) is 0 Å². The summed E-state index contributed by atoms with van der Waals surface area (Å²) < 4.78 is 24.7. The van der Waals surface area contributed by atoms with Crippen LogP contribution in [0.15, 0.2) is 24.3 Å². The Bertz CT molecular complexity index is 484. The molecule has 0 saturated carbocycles. The molecule has 1 rings (SSSR count). The smallest absolute Gasteiger partial charge is 0.318 e. The molecule has 0 saturated heterocycles. The first-order valence-corrected chi connectivity index (χ1v) is 6.86. The second-order valence-electron chi connectivity index (χ2n) is 3.41. The van der Waals surface area contributed by atoms with E-state index in [9.17, 15) is 13.2 Å². The number of benzene rings is 1. The van der Waals surface area contributed by atoms with Crippen molar-refractivity contribution >= 4 is 27.6 Å². The second-order valence-corrected chi connectivity index (χ2v) is 5.77. The van der Waals surface area contributed by atoms with E-state index in [0.717, 1.165) is 5.56 Å². The number of carbonyl (C=O) groups is 1. The summed E-state index contributed by atoms with van der Waals surface area (Å²) in [4.78, 5) is 10.2. The lowest BCUT2D eigenvalue weighted by atomic mass is 10.2. The Morgan fingerprint density at radius 3 is 2.41 bits per heavy atom. The van der Waals surface area contributed by atoms with Gasteiger partial charge in [-0.05, 0) is 24.1 Å². The molecule has 1 aromatic rings. The Hall–Kier alpha value is -1.11. The van der Waals surface area contributed by atoms with Crippen molar-refractivity contribution in [2.45, 2.75) is 6.42 Å². The number of rotatable bonds is 6. The van der Waals surface area contributed by atoms with Gasteiger partial charge in [0.1, 0.15) is 6.54 Å². The minimum Gasteiger partial charge on any atom is -0.480 e. The zero-order valence-electron chi connectivity index (χ0n) is 8.89. The molecule has 0 fully saturated rings. The largest absolute Gasteiger partial charge is 0.480 e. The SMILES string of the molecule is O=C(O)CNS(=O)(=O)CCc1ccc(Cl)cc1. The minimum absolute atomic E-state index is 0.151. The van der Waals surface area contributed by atoms with Crippen LogP contribution in [-0.2, 0) is 21.2 Å². The highest BCUT2D eigenvalue weighted by molar-refractivity contribution is 7.89. The number of aliphatic carboxylic acids is 1. The fraction of sp³-hybridized carbons (Fsp3) is 0.300. The van der Waals surface area contributed by atoms with Crippen LogP contribution >= 0.6 is 11.6 Å². The summed E-state index contributed by atoms with van der Waals surface area (Å²) in [6, 6.07) is 6.81. The van der Waals surface area contributed by atoms with E-state index in [0.29, 0.717) is 11.4 Å². The van der Waals surface area contributed by atoms with Crippen LogP contribution in [-0.4, -0.2) is 31.8 Å². The van der Waals surface area contributed by atoms with Crippen molar-refractivity contribution in [3.05, 3.63) is 34.9 Å². The molecule has 0 heterocycles. The van der Waals surface area contributed by atoms with Crippen molar-refractivity contribution in [3.8, 4) is 0 Å². The first-order valence-electron chi connectivity index (χ1n) is 4.82. The molecule has 0 aromatic heterocycles. The molecular formula is C10H12ClNO4S. The molecule has 2 N–H and O–H groups in total. The number of carboxylic acid groups (broad SMARTS) is 1. The molecule has 0 amide bonds. The van der Waals surface area contributed by atoms with Crippen LogP contribution in [0.25, 0.3) is 0 Å². The van der Waals surface area contributed by atoms with Crippen molar-refractivity contribution in [2.24, 2.45) is 0 Å². The van der Waals surface area contributed by atoms with E-state index in [1.54, 1.807) is 24.3 Å². The molecule has 7 heteroatoms. The first kappa shape index (κ1) is 14.0. The summed E-state index contributed by atoms with van der Waals surface area (Å²) in [6.07, 6.45) is 0.312. The van der Waals surface area contributed by atoms with E-state index >= 15 is 0 Å². The van der Waals surface area contributed by atoms with Gasteiger partial charge in [0.15, 0.2) is 0 Å². The average molecular weight is 278 g/mol. The van der Waals surface area contributed by atoms with E-state index in [-0.39, 0.29) is 5.75 Å². The molecule has 0 unspecified atom stereocenters. The topological polar surface area (TPSA) is 83.5 Å². The molecule has 0 aliphatic heterocycles. The molecule has 94 valence electrons. The minimum atomic E-state index is -3.55. The van der Waals surface area contributed by atoms with E-state index in [1.807, 2.05) is 4.72 Å². The molecule has 5 nitrogen and oxygen atoms in total. The van der Waals surface area contributed by atoms with E-state index in [1.165, 1.54) is 0 Å². The number of carboxylic acids is 1. The molecule has 0 aliphatic carbocycles. The fourth-order valence-electron chi connectivity index (χ4n) is 1.15. The summed E-state index contributed by atoms with van der Waals surface area (Å²) in [5.74, 6) is -1.36.